The summed E-state index contributed by atoms with van der Waals surface area (Å²) in [5.74, 6) is 0.0321. The topological polar surface area (TPSA) is 66.4 Å². The Hall–Kier alpha value is -2.28. The summed E-state index contributed by atoms with van der Waals surface area (Å²) in [5, 5.41) is 0.980. The van der Waals surface area contributed by atoms with Crippen molar-refractivity contribution in [3.8, 4) is 0 Å². The number of aromatic nitrogens is 2. The highest BCUT2D eigenvalue weighted by atomic mass is 32.1. The summed E-state index contributed by atoms with van der Waals surface area (Å²) in [4.78, 5) is 37.2. The van der Waals surface area contributed by atoms with Gasteiger partial charge in [-0.25, -0.2) is 4.98 Å². The van der Waals surface area contributed by atoms with E-state index in [1.54, 1.807) is 49.7 Å². The van der Waals surface area contributed by atoms with Crippen LogP contribution in [0.4, 0.5) is 0 Å². The third-order valence-electron chi connectivity index (χ3n) is 4.72. The minimum Gasteiger partial charge on any atom is -0.344 e. The first kappa shape index (κ1) is 17.5. The predicted molar refractivity (Wildman–Crippen MR) is 96.9 cm³/mol. The lowest BCUT2D eigenvalue weighted by molar-refractivity contribution is 0.0675. The second-order valence-electron chi connectivity index (χ2n) is 6.82. The van der Waals surface area contributed by atoms with E-state index < -0.39 is 0 Å². The van der Waals surface area contributed by atoms with Crippen LogP contribution in [0.15, 0.2) is 30.7 Å². The average molecular weight is 358 g/mol. The molecular weight excluding hydrogens is 336 g/mol. The molecule has 2 aromatic rings. The fraction of sp³-hybridized carbons (Fsp3) is 0.444. The van der Waals surface area contributed by atoms with Crippen LogP contribution in [0.1, 0.15) is 44.8 Å². The van der Waals surface area contributed by atoms with Crippen molar-refractivity contribution in [2.24, 2.45) is 0 Å². The van der Waals surface area contributed by atoms with E-state index in [0.717, 1.165) is 17.8 Å². The minimum atomic E-state index is -0.0927. The van der Waals surface area contributed by atoms with Gasteiger partial charge < -0.3 is 9.80 Å². The highest BCUT2D eigenvalue weighted by Gasteiger charge is 2.36. The molecule has 0 spiro atoms. The summed E-state index contributed by atoms with van der Waals surface area (Å²) >= 11 is 1.47. The lowest BCUT2D eigenvalue weighted by atomic mass is 9.81. The monoisotopic (exact) mass is 358 g/mol. The van der Waals surface area contributed by atoms with Gasteiger partial charge in [0.05, 0.1) is 11.2 Å². The molecule has 6 nitrogen and oxygen atoms in total. The molecule has 0 saturated carbocycles. The van der Waals surface area contributed by atoms with Crippen LogP contribution in [0.2, 0.25) is 0 Å². The number of piperidine rings is 1. The Bertz CT molecular complexity index is 764. The Labute approximate surface area is 151 Å². The summed E-state index contributed by atoms with van der Waals surface area (Å²) in [6.45, 7) is 3.55. The molecular formula is C18H22N4O2S. The third kappa shape index (κ3) is 3.56. The molecule has 2 aromatic heterocycles. The van der Waals surface area contributed by atoms with Gasteiger partial charge in [-0.05, 0) is 25.0 Å². The van der Waals surface area contributed by atoms with Crippen LogP contribution >= 0.6 is 11.3 Å². The van der Waals surface area contributed by atoms with Crippen LogP contribution in [0, 0.1) is 0 Å². The lowest BCUT2D eigenvalue weighted by Gasteiger charge is -2.38. The average Bonchev–Trinajstić information content (AvgIpc) is 3.12. The summed E-state index contributed by atoms with van der Waals surface area (Å²) in [5.41, 5.74) is 0.580. The lowest BCUT2D eigenvalue weighted by Crippen LogP contribution is -2.43. The van der Waals surface area contributed by atoms with Crippen LogP contribution in [-0.2, 0) is 5.41 Å². The van der Waals surface area contributed by atoms with Crippen LogP contribution in [0.25, 0.3) is 0 Å². The van der Waals surface area contributed by atoms with Gasteiger partial charge in [0, 0.05) is 50.6 Å². The van der Waals surface area contributed by atoms with Gasteiger partial charge in [0.2, 0.25) is 0 Å². The van der Waals surface area contributed by atoms with Crippen molar-refractivity contribution >= 4 is 23.2 Å². The highest BCUT2D eigenvalue weighted by Crippen LogP contribution is 2.37. The second kappa shape index (κ2) is 6.92. The van der Waals surface area contributed by atoms with E-state index in [9.17, 15) is 9.59 Å². The Morgan fingerprint density at radius 3 is 2.44 bits per heavy atom. The Kier molecular flexibility index (Phi) is 4.85. The largest absolute Gasteiger partial charge is 0.344 e. The van der Waals surface area contributed by atoms with Gasteiger partial charge in [0.25, 0.3) is 11.8 Å². The number of rotatable bonds is 3. The minimum absolute atomic E-state index is 0.0161. The van der Waals surface area contributed by atoms with E-state index in [2.05, 4.69) is 16.9 Å². The SMILES string of the molecule is CN(C)C(=O)c1cnc(C2(C)CCN(C(=O)c3ccncc3)CC2)s1. The summed E-state index contributed by atoms with van der Waals surface area (Å²) in [7, 11) is 3.49. The first-order valence-electron chi connectivity index (χ1n) is 8.28. The van der Waals surface area contributed by atoms with E-state index in [0.29, 0.717) is 23.5 Å². The standard InChI is InChI=1S/C18H22N4O2S/c1-18(17-20-12-14(25-17)16(24)21(2)3)6-10-22(11-7-18)15(23)13-4-8-19-9-5-13/h4-5,8-9,12H,6-7,10-11H2,1-3H3. The van der Waals surface area contributed by atoms with Gasteiger partial charge in [-0.15, -0.1) is 11.3 Å². The van der Waals surface area contributed by atoms with Gasteiger partial charge in [0.1, 0.15) is 4.88 Å². The number of amides is 2. The Balaban J connectivity index is 1.68. The molecule has 3 rings (SSSR count). The van der Waals surface area contributed by atoms with Crippen LogP contribution in [0.5, 0.6) is 0 Å². The van der Waals surface area contributed by atoms with Crippen LogP contribution in [0.3, 0.4) is 0 Å². The number of hydrogen-bond acceptors (Lipinski definition) is 5. The van der Waals surface area contributed by atoms with Crippen molar-refractivity contribution in [1.29, 1.82) is 0 Å². The first-order chi connectivity index (χ1) is 11.9. The Morgan fingerprint density at radius 2 is 1.84 bits per heavy atom. The maximum Gasteiger partial charge on any atom is 0.265 e. The van der Waals surface area contributed by atoms with Crippen molar-refractivity contribution in [2.75, 3.05) is 27.2 Å². The summed E-state index contributed by atoms with van der Waals surface area (Å²) in [6.07, 6.45) is 6.63. The molecule has 1 aliphatic rings. The Morgan fingerprint density at radius 1 is 1.20 bits per heavy atom. The number of nitrogens with zero attached hydrogens (tertiary/aromatic N) is 4. The number of carbonyl (C=O) groups excluding carboxylic acids is 2. The van der Waals surface area contributed by atoms with E-state index in [1.165, 1.54) is 11.3 Å². The molecule has 132 valence electrons. The molecule has 3 heterocycles. The van der Waals surface area contributed by atoms with Gasteiger partial charge in [-0.3, -0.25) is 14.6 Å². The number of likely N-dealkylation sites (tertiary alicyclic amines) is 1. The maximum absolute atomic E-state index is 12.6. The normalized spacial score (nSPS) is 16.5. The molecule has 0 bridgehead atoms. The van der Waals surface area contributed by atoms with Crippen molar-refractivity contribution in [1.82, 2.24) is 19.8 Å². The molecule has 2 amide bonds. The zero-order valence-corrected chi connectivity index (χ0v) is 15.5. The fourth-order valence-electron chi connectivity index (χ4n) is 2.97. The highest BCUT2D eigenvalue weighted by molar-refractivity contribution is 7.13. The van der Waals surface area contributed by atoms with Crippen molar-refractivity contribution in [3.05, 3.63) is 46.2 Å². The van der Waals surface area contributed by atoms with E-state index in [1.807, 2.05) is 4.90 Å². The first-order valence-corrected chi connectivity index (χ1v) is 9.10. The molecule has 7 heteroatoms. The molecule has 0 unspecified atom stereocenters. The maximum atomic E-state index is 12.6. The van der Waals surface area contributed by atoms with Gasteiger partial charge >= 0.3 is 0 Å². The molecule has 1 fully saturated rings. The van der Waals surface area contributed by atoms with Crippen molar-refractivity contribution < 1.29 is 9.59 Å². The zero-order valence-electron chi connectivity index (χ0n) is 14.7. The molecule has 0 N–H and O–H groups in total. The molecule has 0 radical (unpaired) electrons. The third-order valence-corrected chi connectivity index (χ3v) is 6.01. The van der Waals surface area contributed by atoms with E-state index in [4.69, 9.17) is 0 Å². The number of pyridine rings is 1. The van der Waals surface area contributed by atoms with E-state index in [-0.39, 0.29) is 17.2 Å². The summed E-state index contributed by atoms with van der Waals surface area (Å²) in [6, 6.07) is 3.49. The number of carbonyl (C=O) groups is 2. The fourth-order valence-corrected chi connectivity index (χ4v) is 4.11. The van der Waals surface area contributed by atoms with Gasteiger partial charge in [-0.1, -0.05) is 6.92 Å². The summed E-state index contributed by atoms with van der Waals surface area (Å²) < 4.78 is 0. The zero-order chi connectivity index (χ0) is 18.0. The van der Waals surface area contributed by atoms with Gasteiger partial charge in [0.15, 0.2) is 0 Å². The van der Waals surface area contributed by atoms with E-state index >= 15 is 0 Å². The molecule has 0 atom stereocenters. The van der Waals surface area contributed by atoms with Crippen molar-refractivity contribution in [2.45, 2.75) is 25.2 Å². The smallest absolute Gasteiger partial charge is 0.265 e. The molecule has 0 aliphatic carbocycles. The molecule has 25 heavy (non-hydrogen) atoms. The molecule has 0 aromatic carbocycles. The van der Waals surface area contributed by atoms with Gasteiger partial charge in [-0.2, -0.15) is 0 Å². The van der Waals surface area contributed by atoms with Crippen molar-refractivity contribution in [3.63, 3.8) is 0 Å². The van der Waals surface area contributed by atoms with Crippen LogP contribution in [-0.4, -0.2) is 58.8 Å². The second-order valence-corrected chi connectivity index (χ2v) is 7.85. The molecule has 1 saturated heterocycles. The number of hydrogen-bond donors (Lipinski definition) is 0. The number of thiazole rings is 1. The van der Waals surface area contributed by atoms with Crippen LogP contribution < -0.4 is 0 Å². The molecule has 1 aliphatic heterocycles. The predicted octanol–water partition coefficient (Wildman–Crippen LogP) is 2.43. The quantitative estimate of drug-likeness (QED) is 0.845.